The fourth-order valence-electron chi connectivity index (χ4n) is 2.86. The number of halogens is 5. The zero-order valence-corrected chi connectivity index (χ0v) is 14.4. The summed E-state index contributed by atoms with van der Waals surface area (Å²) in [4.78, 5) is 23.2. The molecule has 0 saturated carbocycles. The number of nitrogens with one attached hydrogen (secondary N) is 1. The number of carboxylic acids is 1. The number of ether oxygens (including phenoxy) is 1. The third-order valence-corrected chi connectivity index (χ3v) is 4.55. The zero-order valence-electron chi connectivity index (χ0n) is 12.9. The van der Waals surface area contributed by atoms with Gasteiger partial charge in [-0.1, -0.05) is 15.9 Å². The first-order valence-electron chi connectivity index (χ1n) is 7.16. The summed E-state index contributed by atoms with van der Waals surface area (Å²) in [5, 5.41) is 11.2. The third kappa shape index (κ3) is 3.95. The van der Waals surface area contributed by atoms with E-state index in [2.05, 4.69) is 15.9 Å². The molecule has 5 nitrogen and oxygen atoms in total. The van der Waals surface area contributed by atoms with E-state index in [1.165, 1.54) is 6.07 Å². The summed E-state index contributed by atoms with van der Waals surface area (Å²) in [5.41, 5.74) is -2.59. The number of carbonyl (C=O) groups excluding carboxylic acids is 1. The van der Waals surface area contributed by atoms with Gasteiger partial charge in [-0.05, 0) is 31.5 Å². The predicted octanol–water partition coefficient (Wildman–Crippen LogP) is 2.97. The Labute approximate surface area is 148 Å². The van der Waals surface area contributed by atoms with E-state index in [9.17, 15) is 32.3 Å². The average molecular weight is 428 g/mol. The summed E-state index contributed by atoms with van der Waals surface area (Å²) < 4.78 is 58.3. The van der Waals surface area contributed by atoms with Crippen molar-refractivity contribution in [3.63, 3.8) is 0 Å². The lowest BCUT2D eigenvalue weighted by atomic mass is 9.73. The first-order valence-corrected chi connectivity index (χ1v) is 7.96. The maximum atomic E-state index is 14.4. The summed E-state index contributed by atoms with van der Waals surface area (Å²) in [7, 11) is 0. The Morgan fingerprint density at radius 1 is 1.40 bits per heavy atom. The van der Waals surface area contributed by atoms with E-state index in [0.29, 0.717) is 4.47 Å². The van der Waals surface area contributed by atoms with E-state index < -0.39 is 53.6 Å². The second-order valence-corrected chi connectivity index (χ2v) is 6.71. The van der Waals surface area contributed by atoms with Gasteiger partial charge in [0.25, 0.3) is 0 Å². The van der Waals surface area contributed by atoms with Crippen LogP contribution in [0.3, 0.4) is 0 Å². The van der Waals surface area contributed by atoms with Crippen LogP contribution in [0.15, 0.2) is 22.7 Å². The van der Waals surface area contributed by atoms with Gasteiger partial charge in [0.2, 0.25) is 0 Å². The topological polar surface area (TPSA) is 75.6 Å². The Kier molecular flexibility index (Phi) is 5.43. The molecule has 1 saturated heterocycles. The van der Waals surface area contributed by atoms with E-state index in [1.807, 2.05) is 0 Å². The van der Waals surface area contributed by atoms with Gasteiger partial charge in [-0.3, -0.25) is 9.59 Å². The van der Waals surface area contributed by atoms with Gasteiger partial charge in [-0.15, -0.1) is 0 Å². The molecular formula is C15H14BrF4NO4. The quantitative estimate of drug-likeness (QED) is 0.727. The van der Waals surface area contributed by atoms with Crippen molar-refractivity contribution in [3.8, 4) is 0 Å². The van der Waals surface area contributed by atoms with Crippen molar-refractivity contribution in [3.05, 3.63) is 34.1 Å². The number of amides is 1. The smallest absolute Gasteiger partial charge is 0.471 e. The number of benzene rings is 1. The SMILES string of the molecule is C[C@H]1C[C@@H](C(=O)O)[C@](NC(=O)C(F)(F)F)(c2cc(Br)ccc2F)CO1. The molecule has 2 N–H and O–H groups in total. The van der Waals surface area contributed by atoms with Gasteiger partial charge in [0.15, 0.2) is 0 Å². The minimum Gasteiger partial charge on any atom is -0.481 e. The van der Waals surface area contributed by atoms with E-state index in [-0.39, 0.29) is 6.42 Å². The van der Waals surface area contributed by atoms with E-state index in [1.54, 1.807) is 12.2 Å². The number of carboxylic acid groups (broad SMARTS) is 1. The predicted molar refractivity (Wildman–Crippen MR) is 81.1 cm³/mol. The van der Waals surface area contributed by atoms with Gasteiger partial charge in [-0.2, -0.15) is 13.2 Å². The molecule has 0 aromatic heterocycles. The van der Waals surface area contributed by atoms with Crippen molar-refractivity contribution < 1.29 is 37.0 Å². The van der Waals surface area contributed by atoms with Crippen LogP contribution < -0.4 is 5.32 Å². The molecule has 2 rings (SSSR count). The van der Waals surface area contributed by atoms with Crippen LogP contribution in [-0.2, 0) is 19.9 Å². The Morgan fingerprint density at radius 2 is 2.04 bits per heavy atom. The number of carbonyl (C=O) groups is 2. The zero-order chi connectivity index (χ0) is 19.0. The van der Waals surface area contributed by atoms with Crippen molar-refractivity contribution in [1.29, 1.82) is 0 Å². The Hall–Kier alpha value is -1.68. The third-order valence-electron chi connectivity index (χ3n) is 4.06. The Morgan fingerprint density at radius 3 is 2.60 bits per heavy atom. The van der Waals surface area contributed by atoms with Crippen molar-refractivity contribution in [1.82, 2.24) is 5.32 Å². The maximum absolute atomic E-state index is 14.4. The fraction of sp³-hybridized carbons (Fsp3) is 0.467. The molecule has 10 heteroatoms. The summed E-state index contributed by atoms with van der Waals surface area (Å²) in [6, 6.07) is 3.42. The second-order valence-electron chi connectivity index (χ2n) is 5.80. The number of hydrogen-bond acceptors (Lipinski definition) is 3. The highest BCUT2D eigenvalue weighted by molar-refractivity contribution is 9.10. The minimum absolute atomic E-state index is 0.195. The Bertz CT molecular complexity index is 697. The van der Waals surface area contributed by atoms with Crippen LogP contribution in [0.1, 0.15) is 18.9 Å². The lowest BCUT2D eigenvalue weighted by Gasteiger charge is -2.44. The van der Waals surface area contributed by atoms with Gasteiger partial charge < -0.3 is 15.2 Å². The van der Waals surface area contributed by atoms with Crippen LogP contribution >= 0.6 is 15.9 Å². The molecule has 1 amide bonds. The van der Waals surface area contributed by atoms with Gasteiger partial charge >= 0.3 is 18.1 Å². The summed E-state index contributed by atoms with van der Waals surface area (Å²) in [6.07, 6.45) is -6.03. The molecule has 0 radical (unpaired) electrons. The summed E-state index contributed by atoms with van der Waals surface area (Å²) >= 11 is 3.07. The second kappa shape index (κ2) is 6.91. The van der Waals surface area contributed by atoms with Crippen molar-refractivity contribution in [2.75, 3.05) is 6.61 Å². The fourth-order valence-corrected chi connectivity index (χ4v) is 3.22. The van der Waals surface area contributed by atoms with Crippen molar-refractivity contribution >= 4 is 27.8 Å². The molecule has 1 aliphatic rings. The normalized spacial score (nSPS) is 27.0. The van der Waals surface area contributed by atoms with Crippen molar-refractivity contribution in [2.45, 2.75) is 31.2 Å². The molecule has 0 bridgehead atoms. The monoisotopic (exact) mass is 427 g/mol. The van der Waals surface area contributed by atoms with Crippen LogP contribution in [-0.4, -0.2) is 35.9 Å². The van der Waals surface area contributed by atoms with Crippen LogP contribution in [0.25, 0.3) is 0 Å². The van der Waals surface area contributed by atoms with E-state index in [4.69, 9.17) is 4.74 Å². The highest BCUT2D eigenvalue weighted by atomic mass is 79.9. The molecule has 1 fully saturated rings. The van der Waals surface area contributed by atoms with Crippen LogP contribution in [0, 0.1) is 11.7 Å². The minimum atomic E-state index is -5.26. The number of rotatable bonds is 3. The molecule has 1 aliphatic heterocycles. The van der Waals surface area contributed by atoms with Gasteiger partial charge in [0.1, 0.15) is 11.4 Å². The first kappa shape index (κ1) is 19.6. The Balaban J connectivity index is 2.64. The van der Waals surface area contributed by atoms with E-state index >= 15 is 0 Å². The van der Waals surface area contributed by atoms with Crippen LogP contribution in [0.5, 0.6) is 0 Å². The lowest BCUT2D eigenvalue weighted by molar-refractivity contribution is -0.182. The van der Waals surface area contributed by atoms with Gasteiger partial charge in [0, 0.05) is 10.0 Å². The number of aliphatic carboxylic acids is 1. The lowest BCUT2D eigenvalue weighted by Crippen LogP contribution is -2.62. The van der Waals surface area contributed by atoms with Crippen molar-refractivity contribution in [2.24, 2.45) is 5.92 Å². The molecule has 1 heterocycles. The number of alkyl halides is 3. The number of hydrogen-bond donors (Lipinski definition) is 2. The first-order chi connectivity index (χ1) is 11.5. The highest BCUT2D eigenvalue weighted by Gasteiger charge is 2.54. The molecule has 0 aliphatic carbocycles. The largest absolute Gasteiger partial charge is 0.481 e. The average Bonchev–Trinajstić information content (AvgIpc) is 2.50. The molecule has 0 spiro atoms. The molecule has 3 atom stereocenters. The molecular weight excluding hydrogens is 414 g/mol. The molecule has 1 aromatic rings. The standard InChI is InChI=1S/C15H14BrF4NO4/c1-7-4-10(12(22)23)14(6-25-7,21-13(24)15(18,19)20)9-5-8(16)2-3-11(9)17/h2-3,5,7,10H,4,6H2,1H3,(H,21,24)(H,22,23)/t7-,10-,14+/m0/s1. The van der Waals surface area contributed by atoms with Crippen LogP contribution in [0.4, 0.5) is 17.6 Å². The van der Waals surface area contributed by atoms with Gasteiger partial charge in [0.05, 0.1) is 18.6 Å². The molecule has 1 aromatic carbocycles. The summed E-state index contributed by atoms with van der Waals surface area (Å²) in [6.45, 7) is 0.934. The molecule has 138 valence electrons. The maximum Gasteiger partial charge on any atom is 0.471 e. The van der Waals surface area contributed by atoms with Gasteiger partial charge in [-0.25, -0.2) is 4.39 Å². The summed E-state index contributed by atoms with van der Waals surface area (Å²) in [5.74, 6) is -6.28. The highest BCUT2D eigenvalue weighted by Crippen LogP contribution is 2.41. The molecule has 25 heavy (non-hydrogen) atoms. The van der Waals surface area contributed by atoms with Crippen LogP contribution in [0.2, 0.25) is 0 Å². The van der Waals surface area contributed by atoms with E-state index in [0.717, 1.165) is 12.1 Å². The molecule has 0 unspecified atom stereocenters.